The second kappa shape index (κ2) is 6.71. The zero-order chi connectivity index (χ0) is 21.0. The van der Waals surface area contributed by atoms with Gasteiger partial charge < -0.3 is 4.40 Å². The van der Waals surface area contributed by atoms with Crippen LogP contribution in [0.4, 0.5) is 8.78 Å². The Labute approximate surface area is 178 Å². The fraction of sp³-hybridized carbons (Fsp3) is 0.154. The smallest absolute Gasteiger partial charge is 0.173 e. The quantitative estimate of drug-likeness (QED) is 0.358. The first kappa shape index (κ1) is 18.2. The van der Waals surface area contributed by atoms with Crippen LogP contribution in [0.1, 0.15) is 24.1 Å². The van der Waals surface area contributed by atoms with Crippen LogP contribution in [0.2, 0.25) is 0 Å². The summed E-state index contributed by atoms with van der Waals surface area (Å²) in [5.74, 6) is -0.742. The molecule has 5 aromatic rings. The van der Waals surface area contributed by atoms with Gasteiger partial charge in [0.2, 0.25) is 0 Å². The third kappa shape index (κ3) is 3.08. The lowest BCUT2D eigenvalue weighted by Gasteiger charge is -2.16. The van der Waals surface area contributed by atoms with Crippen molar-refractivity contribution in [3.05, 3.63) is 102 Å². The van der Waals surface area contributed by atoms with E-state index in [0.29, 0.717) is 16.8 Å². The molecule has 1 aliphatic carbocycles. The van der Waals surface area contributed by atoms with Crippen LogP contribution in [-0.2, 0) is 11.8 Å². The van der Waals surface area contributed by atoms with Gasteiger partial charge in [0.25, 0.3) is 0 Å². The van der Waals surface area contributed by atoms with Gasteiger partial charge in [-0.3, -0.25) is 4.98 Å². The number of pyridine rings is 2. The molecule has 31 heavy (non-hydrogen) atoms. The van der Waals surface area contributed by atoms with E-state index < -0.39 is 5.82 Å². The zero-order valence-corrected chi connectivity index (χ0v) is 16.7. The first-order chi connectivity index (χ1) is 15.1. The molecular weight excluding hydrogens is 392 g/mol. The van der Waals surface area contributed by atoms with Crippen LogP contribution in [0.25, 0.3) is 27.7 Å². The van der Waals surface area contributed by atoms with Gasteiger partial charge in [-0.15, -0.1) is 0 Å². The van der Waals surface area contributed by atoms with Crippen LogP contribution in [0.5, 0.6) is 0 Å². The summed E-state index contributed by atoms with van der Waals surface area (Å²) < 4.78 is 30.4. The number of halogens is 2. The molecular formula is C26H19F2N3. The molecule has 5 heteroatoms. The number of rotatable bonds is 4. The highest BCUT2D eigenvalue weighted by molar-refractivity contribution is 5.79. The zero-order valence-electron chi connectivity index (χ0n) is 16.7. The predicted molar refractivity (Wildman–Crippen MR) is 117 cm³/mol. The highest BCUT2D eigenvalue weighted by Crippen LogP contribution is 2.51. The monoisotopic (exact) mass is 411 g/mol. The summed E-state index contributed by atoms with van der Waals surface area (Å²) in [6.07, 6.45) is 8.38. The molecule has 0 radical (unpaired) electrons. The fourth-order valence-corrected chi connectivity index (χ4v) is 4.56. The Morgan fingerprint density at radius 2 is 1.81 bits per heavy atom. The summed E-state index contributed by atoms with van der Waals surface area (Å²) in [7, 11) is 0. The van der Waals surface area contributed by atoms with Crippen LogP contribution in [0.3, 0.4) is 0 Å². The SMILES string of the molecule is Fc1cccc(-c2cc(F)c3ncc(C4(Cc5ccc6ncccc6c5)CC4)n3c2)c1. The molecule has 1 saturated carbocycles. The van der Waals surface area contributed by atoms with E-state index in [9.17, 15) is 8.78 Å². The van der Waals surface area contributed by atoms with Gasteiger partial charge in [0, 0.05) is 40.6 Å². The van der Waals surface area contributed by atoms with Gasteiger partial charge >= 0.3 is 0 Å². The standard InChI is InChI=1S/C26H19F2N3/c27-21-5-1-3-18(12-21)20-13-22(28)25-30-15-24(31(25)16-20)26(8-9-26)14-17-6-7-23-19(11-17)4-2-10-29-23/h1-7,10-13,15-16H,8-9,14H2. The van der Waals surface area contributed by atoms with E-state index in [4.69, 9.17) is 0 Å². The second-order valence-electron chi connectivity index (χ2n) is 8.41. The molecule has 1 fully saturated rings. The van der Waals surface area contributed by atoms with Crippen molar-refractivity contribution >= 4 is 16.6 Å². The molecule has 0 aliphatic heterocycles. The van der Waals surface area contributed by atoms with E-state index in [1.54, 1.807) is 24.5 Å². The van der Waals surface area contributed by atoms with Crippen molar-refractivity contribution in [3.8, 4) is 11.1 Å². The van der Waals surface area contributed by atoms with Gasteiger partial charge in [-0.25, -0.2) is 13.8 Å². The summed E-state index contributed by atoms with van der Waals surface area (Å²) in [6, 6.07) is 18.0. The first-order valence-electron chi connectivity index (χ1n) is 10.4. The Bertz CT molecular complexity index is 1450. The van der Waals surface area contributed by atoms with Gasteiger partial charge in [-0.05, 0) is 66.8 Å². The van der Waals surface area contributed by atoms with Crippen molar-refractivity contribution in [1.29, 1.82) is 0 Å². The summed E-state index contributed by atoms with van der Waals surface area (Å²) in [5.41, 5.74) is 4.74. The molecule has 3 aromatic heterocycles. The highest BCUT2D eigenvalue weighted by atomic mass is 19.1. The maximum absolute atomic E-state index is 14.9. The molecule has 152 valence electrons. The average Bonchev–Trinajstić information content (AvgIpc) is 3.41. The Balaban J connectivity index is 1.43. The Morgan fingerprint density at radius 3 is 2.65 bits per heavy atom. The van der Waals surface area contributed by atoms with Gasteiger partial charge in [-0.2, -0.15) is 0 Å². The van der Waals surface area contributed by atoms with Crippen molar-refractivity contribution in [2.24, 2.45) is 0 Å². The van der Waals surface area contributed by atoms with Crippen molar-refractivity contribution in [1.82, 2.24) is 14.4 Å². The van der Waals surface area contributed by atoms with Gasteiger partial charge in [0.15, 0.2) is 11.5 Å². The number of aromatic nitrogens is 3. The Morgan fingerprint density at radius 1 is 0.903 bits per heavy atom. The molecule has 1 aliphatic rings. The third-order valence-corrected chi connectivity index (χ3v) is 6.33. The van der Waals surface area contributed by atoms with Crippen molar-refractivity contribution in [2.45, 2.75) is 24.7 Å². The third-order valence-electron chi connectivity index (χ3n) is 6.33. The highest BCUT2D eigenvalue weighted by Gasteiger charge is 2.46. The molecule has 0 amide bonds. The lowest BCUT2D eigenvalue weighted by molar-refractivity contribution is 0.621. The molecule has 3 nitrogen and oxygen atoms in total. The number of hydrogen-bond donors (Lipinski definition) is 0. The first-order valence-corrected chi connectivity index (χ1v) is 10.4. The molecule has 0 spiro atoms. The molecule has 0 saturated heterocycles. The molecule has 0 N–H and O–H groups in total. The summed E-state index contributed by atoms with van der Waals surface area (Å²) in [6.45, 7) is 0. The molecule has 6 rings (SSSR count). The van der Waals surface area contributed by atoms with Crippen molar-refractivity contribution in [2.75, 3.05) is 0 Å². The molecule has 0 bridgehead atoms. The van der Waals surface area contributed by atoms with E-state index in [-0.39, 0.29) is 11.2 Å². The van der Waals surface area contributed by atoms with E-state index in [0.717, 1.165) is 35.9 Å². The number of imidazole rings is 1. The van der Waals surface area contributed by atoms with Crippen LogP contribution in [0, 0.1) is 11.6 Å². The molecule has 0 atom stereocenters. The van der Waals surface area contributed by atoms with Crippen molar-refractivity contribution in [3.63, 3.8) is 0 Å². The summed E-state index contributed by atoms with van der Waals surface area (Å²) >= 11 is 0. The minimum absolute atomic E-state index is 0.0672. The van der Waals surface area contributed by atoms with Crippen molar-refractivity contribution < 1.29 is 8.78 Å². The molecule has 3 heterocycles. The van der Waals surface area contributed by atoms with E-state index >= 15 is 0 Å². The van der Waals surface area contributed by atoms with Gasteiger partial charge in [-0.1, -0.05) is 24.3 Å². The van der Waals surface area contributed by atoms with Crippen LogP contribution in [0.15, 0.2) is 79.3 Å². The normalized spacial score (nSPS) is 14.9. The van der Waals surface area contributed by atoms with Gasteiger partial charge in [0.05, 0.1) is 5.52 Å². The Kier molecular flexibility index (Phi) is 3.93. The maximum atomic E-state index is 14.9. The summed E-state index contributed by atoms with van der Waals surface area (Å²) in [5, 5.41) is 1.12. The molecule has 0 unspecified atom stereocenters. The lowest BCUT2D eigenvalue weighted by Crippen LogP contribution is -2.13. The minimum Gasteiger partial charge on any atom is -0.300 e. The Hall–Kier alpha value is -3.60. The minimum atomic E-state index is -0.402. The molecule has 2 aromatic carbocycles. The second-order valence-corrected chi connectivity index (χ2v) is 8.41. The average molecular weight is 411 g/mol. The van der Waals surface area contributed by atoms with E-state index in [2.05, 4.69) is 34.2 Å². The number of benzene rings is 2. The number of nitrogens with zero attached hydrogens (tertiary/aromatic N) is 3. The predicted octanol–water partition coefficient (Wildman–Crippen LogP) is 6.10. The lowest BCUT2D eigenvalue weighted by atomic mass is 9.92. The van der Waals surface area contributed by atoms with Gasteiger partial charge in [0.1, 0.15) is 5.82 Å². The van der Waals surface area contributed by atoms with E-state index in [1.165, 1.54) is 23.8 Å². The topological polar surface area (TPSA) is 30.2 Å². The van der Waals surface area contributed by atoms with E-state index in [1.807, 2.05) is 16.7 Å². The summed E-state index contributed by atoms with van der Waals surface area (Å²) in [4.78, 5) is 8.77. The van der Waals surface area contributed by atoms with Crippen LogP contribution >= 0.6 is 0 Å². The van der Waals surface area contributed by atoms with Crippen LogP contribution < -0.4 is 0 Å². The number of fused-ring (bicyclic) bond motifs is 2. The number of hydrogen-bond acceptors (Lipinski definition) is 2. The maximum Gasteiger partial charge on any atom is 0.173 e. The fourth-order valence-electron chi connectivity index (χ4n) is 4.56. The van der Waals surface area contributed by atoms with Crippen LogP contribution in [-0.4, -0.2) is 14.4 Å². The largest absolute Gasteiger partial charge is 0.300 e.